The molecule has 4 aromatic rings. The molecule has 0 fully saturated rings. The van der Waals surface area contributed by atoms with E-state index in [9.17, 15) is 14.0 Å². The molecule has 5 rings (SSSR count). The summed E-state index contributed by atoms with van der Waals surface area (Å²) in [6.07, 6.45) is 5.70. The van der Waals surface area contributed by atoms with Crippen LogP contribution in [0, 0.1) is 5.82 Å². The fourth-order valence-corrected chi connectivity index (χ4v) is 5.06. The molecule has 0 saturated carbocycles. The first-order chi connectivity index (χ1) is 19.3. The second-order valence-corrected chi connectivity index (χ2v) is 10.1. The van der Waals surface area contributed by atoms with E-state index in [0.29, 0.717) is 35.4 Å². The van der Waals surface area contributed by atoms with Gasteiger partial charge in [-0.3, -0.25) is 4.79 Å². The molecule has 12 heteroatoms. The average molecular weight is 564 g/mol. The molecule has 2 aromatic heterocycles. The van der Waals surface area contributed by atoms with Crippen LogP contribution in [0.3, 0.4) is 0 Å². The van der Waals surface area contributed by atoms with Crippen LogP contribution in [0.1, 0.15) is 40.7 Å². The highest BCUT2D eigenvalue weighted by molar-refractivity contribution is 7.13. The molecule has 2 N–H and O–H groups in total. The van der Waals surface area contributed by atoms with E-state index in [4.69, 9.17) is 9.47 Å². The maximum Gasteiger partial charge on any atom is 0.340 e. The second-order valence-electron chi connectivity index (χ2n) is 9.22. The second kappa shape index (κ2) is 11.8. The first kappa shape index (κ1) is 27.2. The highest BCUT2D eigenvalue weighted by Gasteiger charge is 2.35. The maximum atomic E-state index is 14.7. The molecule has 0 bridgehead atoms. The summed E-state index contributed by atoms with van der Waals surface area (Å²) in [7, 11) is 1.18. The lowest BCUT2D eigenvalue weighted by atomic mass is 9.81. The van der Waals surface area contributed by atoms with Crippen LogP contribution in [0.15, 0.2) is 60.4 Å². The van der Waals surface area contributed by atoms with Gasteiger partial charge in [0.15, 0.2) is 22.5 Å². The lowest BCUT2D eigenvalue weighted by molar-refractivity contribution is -0.117. The van der Waals surface area contributed by atoms with Crippen LogP contribution < -0.4 is 20.1 Å². The molecule has 1 atom stereocenters. The van der Waals surface area contributed by atoms with Crippen LogP contribution in [0.25, 0.3) is 0 Å². The number of ether oxygens (including phenoxy) is 3. The molecule has 1 aliphatic heterocycles. The summed E-state index contributed by atoms with van der Waals surface area (Å²) in [5.74, 6) is -0.434. The highest BCUT2D eigenvalue weighted by Crippen LogP contribution is 2.41. The Bertz CT molecular complexity index is 1520. The number of amides is 1. The van der Waals surface area contributed by atoms with E-state index in [0.717, 1.165) is 17.2 Å². The first-order valence-electron chi connectivity index (χ1n) is 12.4. The molecule has 0 aliphatic carbocycles. The summed E-state index contributed by atoms with van der Waals surface area (Å²) in [5, 5.41) is 8.61. The molecular weight excluding hydrogens is 537 g/mol. The Kier molecular flexibility index (Phi) is 7.99. The largest absolute Gasteiger partial charge is 0.482 e. The SMILES string of the molecule is COC(=O)c1ccc(Oc2cc3c(cc2OCc2ncccn2)CCN[C@]3(C)CC(=O)Nc2nccs2)cc1F. The summed E-state index contributed by atoms with van der Waals surface area (Å²) in [4.78, 5) is 37.3. The summed E-state index contributed by atoms with van der Waals surface area (Å²) in [6, 6.07) is 9.24. The van der Waals surface area contributed by atoms with E-state index in [1.807, 2.05) is 13.0 Å². The van der Waals surface area contributed by atoms with Gasteiger partial charge >= 0.3 is 5.97 Å². The number of esters is 1. The van der Waals surface area contributed by atoms with E-state index in [2.05, 4.69) is 30.3 Å². The Morgan fingerprint density at radius 1 is 1.12 bits per heavy atom. The predicted octanol–water partition coefficient (Wildman–Crippen LogP) is 4.62. The number of aromatic nitrogens is 3. The number of benzene rings is 2. The molecule has 0 saturated heterocycles. The number of carbonyl (C=O) groups excluding carboxylic acids is 2. The number of anilines is 1. The van der Waals surface area contributed by atoms with E-state index in [1.54, 1.807) is 36.1 Å². The van der Waals surface area contributed by atoms with E-state index in [-0.39, 0.29) is 30.2 Å². The van der Waals surface area contributed by atoms with Crippen molar-refractivity contribution in [2.45, 2.75) is 31.9 Å². The molecule has 0 radical (unpaired) electrons. The van der Waals surface area contributed by atoms with Crippen LogP contribution in [0.4, 0.5) is 9.52 Å². The molecule has 10 nitrogen and oxygen atoms in total. The fourth-order valence-electron chi connectivity index (χ4n) is 4.52. The zero-order chi connectivity index (χ0) is 28.1. The van der Waals surface area contributed by atoms with Gasteiger partial charge in [-0.15, -0.1) is 11.3 Å². The number of nitrogens with one attached hydrogen (secondary N) is 2. The van der Waals surface area contributed by atoms with Crippen molar-refractivity contribution in [2.75, 3.05) is 19.0 Å². The Hall–Kier alpha value is -4.42. The van der Waals surface area contributed by atoms with Crippen molar-refractivity contribution >= 4 is 28.3 Å². The number of fused-ring (bicyclic) bond motifs is 1. The van der Waals surface area contributed by atoms with Crippen molar-refractivity contribution < 1.29 is 28.2 Å². The number of rotatable bonds is 9. The van der Waals surface area contributed by atoms with Gasteiger partial charge in [-0.2, -0.15) is 0 Å². The van der Waals surface area contributed by atoms with Gasteiger partial charge in [-0.25, -0.2) is 24.1 Å². The number of halogens is 1. The van der Waals surface area contributed by atoms with Crippen molar-refractivity contribution in [2.24, 2.45) is 0 Å². The molecule has 3 heterocycles. The Morgan fingerprint density at radius 3 is 2.67 bits per heavy atom. The standard InChI is InChI=1S/C28H26FN5O5S/c1-28(15-25(35)34-27-32-10-11-40-27)20-14-23(39-18-4-5-19(21(29)13-18)26(36)37-2)22(12-17(20)6-9-33-28)38-16-24-30-7-3-8-31-24/h3-5,7-8,10-14,33H,6,9,15-16H2,1-2H3,(H,32,34,35)/t28-/m1/s1. The monoisotopic (exact) mass is 563 g/mol. The molecule has 1 amide bonds. The van der Waals surface area contributed by atoms with Crippen LogP contribution in [-0.4, -0.2) is 40.5 Å². The minimum atomic E-state index is -0.789. The van der Waals surface area contributed by atoms with Crippen molar-refractivity contribution in [1.29, 1.82) is 0 Å². The van der Waals surface area contributed by atoms with Crippen LogP contribution in [-0.2, 0) is 28.1 Å². The minimum Gasteiger partial charge on any atom is -0.482 e. The number of thiazole rings is 1. The first-order valence-corrected chi connectivity index (χ1v) is 13.3. The third-order valence-electron chi connectivity index (χ3n) is 6.42. The number of methoxy groups -OCH3 is 1. The number of nitrogens with zero attached hydrogens (tertiary/aromatic N) is 3. The molecule has 2 aromatic carbocycles. The van der Waals surface area contributed by atoms with E-state index in [1.165, 1.54) is 30.6 Å². The van der Waals surface area contributed by atoms with Crippen molar-refractivity contribution in [3.8, 4) is 17.2 Å². The van der Waals surface area contributed by atoms with Crippen LogP contribution in [0.2, 0.25) is 0 Å². The van der Waals surface area contributed by atoms with Gasteiger partial charge in [0.25, 0.3) is 0 Å². The fraction of sp³-hybridized carbons (Fsp3) is 0.250. The van der Waals surface area contributed by atoms with Crippen molar-refractivity contribution in [1.82, 2.24) is 20.3 Å². The molecule has 206 valence electrons. The number of carbonyl (C=O) groups is 2. The summed E-state index contributed by atoms with van der Waals surface area (Å²) < 4.78 is 31.5. The molecule has 1 aliphatic rings. The lowest BCUT2D eigenvalue weighted by Gasteiger charge is -2.37. The van der Waals surface area contributed by atoms with Gasteiger partial charge in [0.2, 0.25) is 5.91 Å². The van der Waals surface area contributed by atoms with Crippen molar-refractivity contribution in [3.63, 3.8) is 0 Å². The summed E-state index contributed by atoms with van der Waals surface area (Å²) >= 11 is 1.34. The highest BCUT2D eigenvalue weighted by atomic mass is 32.1. The number of hydrogen-bond donors (Lipinski definition) is 2. The van der Waals surface area contributed by atoms with Crippen LogP contribution in [0.5, 0.6) is 17.2 Å². The zero-order valence-electron chi connectivity index (χ0n) is 21.8. The van der Waals surface area contributed by atoms with Gasteiger partial charge in [-0.1, -0.05) is 0 Å². The summed E-state index contributed by atoms with van der Waals surface area (Å²) in [5.41, 5.74) is 0.888. The predicted molar refractivity (Wildman–Crippen MR) is 145 cm³/mol. The average Bonchev–Trinajstić information content (AvgIpc) is 3.45. The number of hydrogen-bond acceptors (Lipinski definition) is 10. The summed E-state index contributed by atoms with van der Waals surface area (Å²) in [6.45, 7) is 2.67. The molecule has 0 spiro atoms. The topological polar surface area (TPSA) is 125 Å². The smallest absolute Gasteiger partial charge is 0.340 e. The minimum absolute atomic E-state index is 0.0807. The molecule has 0 unspecified atom stereocenters. The van der Waals surface area contributed by atoms with Gasteiger partial charge in [0.1, 0.15) is 18.2 Å². The third-order valence-corrected chi connectivity index (χ3v) is 7.10. The van der Waals surface area contributed by atoms with Crippen LogP contribution >= 0.6 is 11.3 Å². The van der Waals surface area contributed by atoms with E-state index < -0.39 is 17.3 Å². The normalized spacial score (nSPS) is 16.1. The quantitative estimate of drug-likeness (QED) is 0.281. The van der Waals surface area contributed by atoms with Gasteiger partial charge in [-0.05, 0) is 54.8 Å². The zero-order valence-corrected chi connectivity index (χ0v) is 22.6. The van der Waals surface area contributed by atoms with E-state index >= 15 is 0 Å². The lowest BCUT2D eigenvalue weighted by Crippen LogP contribution is -2.47. The maximum absolute atomic E-state index is 14.7. The van der Waals surface area contributed by atoms with Gasteiger partial charge in [0.05, 0.1) is 12.7 Å². The molecule has 40 heavy (non-hydrogen) atoms. The van der Waals surface area contributed by atoms with Gasteiger partial charge < -0.3 is 24.8 Å². The Morgan fingerprint density at radius 2 is 1.95 bits per heavy atom. The third kappa shape index (κ3) is 6.08. The molecular formula is C28H26FN5O5S. The van der Waals surface area contributed by atoms with Crippen molar-refractivity contribution in [3.05, 3.63) is 88.7 Å². The Balaban J connectivity index is 1.48. The van der Waals surface area contributed by atoms with Gasteiger partial charge in [0, 0.05) is 48.5 Å². The Labute approximate surface area is 233 Å².